The Morgan fingerprint density at radius 1 is 1.44 bits per heavy atom. The lowest BCUT2D eigenvalue weighted by atomic mass is 10.3. The summed E-state index contributed by atoms with van der Waals surface area (Å²) in [5.41, 5.74) is -1.74. The molecular formula is C9H15N3O5S. The van der Waals surface area contributed by atoms with Crippen LogP contribution in [0.5, 0.6) is 0 Å². The molecule has 0 amide bonds. The normalized spacial score (nSPS) is 13.8. The predicted octanol–water partition coefficient (Wildman–Crippen LogP) is -1.55. The Labute approximate surface area is 103 Å². The third-order valence-electron chi connectivity index (χ3n) is 2.34. The second kappa shape index (κ2) is 5.46. The Morgan fingerprint density at radius 2 is 2.06 bits per heavy atom. The average Bonchev–Trinajstić information content (AvgIpc) is 2.24. The highest BCUT2D eigenvalue weighted by molar-refractivity contribution is 7.89. The first-order valence-electron chi connectivity index (χ1n) is 5.21. The number of sulfonamides is 1. The number of nitrogens with zero attached hydrogens (tertiary/aromatic N) is 1. The van der Waals surface area contributed by atoms with Crippen molar-refractivity contribution < 1.29 is 13.5 Å². The molecule has 1 rings (SSSR count). The number of rotatable bonds is 5. The lowest BCUT2D eigenvalue weighted by Crippen LogP contribution is -2.35. The third kappa shape index (κ3) is 3.28. The van der Waals surface area contributed by atoms with E-state index in [0.29, 0.717) is 0 Å². The van der Waals surface area contributed by atoms with Gasteiger partial charge < -0.3 is 10.1 Å². The Kier molecular flexibility index (Phi) is 4.43. The minimum atomic E-state index is -3.97. The van der Waals surface area contributed by atoms with Gasteiger partial charge in [-0.15, -0.1) is 0 Å². The molecule has 0 radical (unpaired) electrons. The Bertz CT molecular complexity index is 616. The molecule has 1 unspecified atom stereocenters. The summed E-state index contributed by atoms with van der Waals surface area (Å²) in [7, 11) is -2.68. The van der Waals surface area contributed by atoms with Crippen LogP contribution in [0, 0.1) is 0 Å². The molecule has 18 heavy (non-hydrogen) atoms. The second-order valence-electron chi connectivity index (χ2n) is 3.90. The lowest BCUT2D eigenvalue weighted by Gasteiger charge is -2.16. The second-order valence-corrected chi connectivity index (χ2v) is 5.91. The summed E-state index contributed by atoms with van der Waals surface area (Å²) in [5.74, 6) is 0. The molecule has 1 aromatic heterocycles. The van der Waals surface area contributed by atoms with Crippen LogP contribution in [0.1, 0.15) is 13.3 Å². The zero-order chi connectivity index (χ0) is 13.9. The monoisotopic (exact) mass is 277 g/mol. The van der Waals surface area contributed by atoms with Crippen LogP contribution in [-0.2, 0) is 10.0 Å². The van der Waals surface area contributed by atoms with E-state index >= 15 is 0 Å². The van der Waals surface area contributed by atoms with Gasteiger partial charge in [-0.2, -0.15) is 0 Å². The topological polar surface area (TPSA) is 123 Å². The van der Waals surface area contributed by atoms with E-state index in [-0.39, 0.29) is 13.0 Å². The van der Waals surface area contributed by atoms with Crippen LogP contribution in [0.25, 0.3) is 0 Å². The van der Waals surface area contributed by atoms with E-state index in [2.05, 4.69) is 4.98 Å². The Hall–Kier alpha value is -1.45. The number of hydrogen-bond acceptors (Lipinski definition) is 5. The van der Waals surface area contributed by atoms with Crippen molar-refractivity contribution in [2.75, 3.05) is 13.6 Å². The Morgan fingerprint density at radius 3 is 2.56 bits per heavy atom. The van der Waals surface area contributed by atoms with Crippen molar-refractivity contribution in [2.24, 2.45) is 0 Å². The predicted molar refractivity (Wildman–Crippen MR) is 63.8 cm³/mol. The number of aromatic nitrogens is 2. The van der Waals surface area contributed by atoms with Gasteiger partial charge in [0.1, 0.15) is 0 Å². The molecule has 3 N–H and O–H groups in total. The molecule has 0 fully saturated rings. The number of aliphatic hydroxyl groups excluding tert-OH is 1. The van der Waals surface area contributed by atoms with E-state index in [1.165, 1.54) is 14.0 Å². The van der Waals surface area contributed by atoms with Crippen molar-refractivity contribution >= 4 is 10.0 Å². The van der Waals surface area contributed by atoms with Crippen LogP contribution in [0.2, 0.25) is 0 Å². The van der Waals surface area contributed by atoms with Crippen LogP contribution in [-0.4, -0.2) is 47.5 Å². The summed E-state index contributed by atoms with van der Waals surface area (Å²) in [6, 6.07) is 0. The maximum absolute atomic E-state index is 12.0. The first-order chi connectivity index (χ1) is 8.25. The molecule has 0 aliphatic heterocycles. The summed E-state index contributed by atoms with van der Waals surface area (Å²) in [6.45, 7) is 1.60. The van der Waals surface area contributed by atoms with E-state index in [4.69, 9.17) is 5.11 Å². The van der Waals surface area contributed by atoms with Crippen LogP contribution >= 0.6 is 0 Å². The van der Waals surface area contributed by atoms with Crippen molar-refractivity contribution in [1.29, 1.82) is 0 Å². The first-order valence-corrected chi connectivity index (χ1v) is 6.65. The van der Waals surface area contributed by atoms with E-state index in [1.807, 2.05) is 4.98 Å². The van der Waals surface area contributed by atoms with Gasteiger partial charge in [0.2, 0.25) is 10.0 Å². The molecule has 0 bridgehead atoms. The molecule has 1 heterocycles. The van der Waals surface area contributed by atoms with E-state index in [9.17, 15) is 18.0 Å². The van der Waals surface area contributed by atoms with Crippen LogP contribution < -0.4 is 11.2 Å². The minimum absolute atomic E-state index is 0.0680. The summed E-state index contributed by atoms with van der Waals surface area (Å²) in [4.78, 5) is 25.6. The average molecular weight is 277 g/mol. The minimum Gasteiger partial charge on any atom is -0.393 e. The molecule has 0 aliphatic rings. The summed E-state index contributed by atoms with van der Waals surface area (Å²) in [5, 5.41) is 9.09. The molecule has 0 saturated heterocycles. The van der Waals surface area contributed by atoms with Gasteiger partial charge in [0, 0.05) is 19.8 Å². The van der Waals surface area contributed by atoms with Gasteiger partial charge in [0.15, 0.2) is 4.90 Å². The SMILES string of the molecule is CC(O)CCN(C)S(=O)(=O)c1c[nH]c(=O)[nH]c1=O. The van der Waals surface area contributed by atoms with Gasteiger partial charge in [-0.3, -0.25) is 9.78 Å². The van der Waals surface area contributed by atoms with E-state index < -0.39 is 32.3 Å². The van der Waals surface area contributed by atoms with Crippen LogP contribution in [0.3, 0.4) is 0 Å². The smallest absolute Gasteiger partial charge is 0.325 e. The molecule has 8 nitrogen and oxygen atoms in total. The molecule has 9 heteroatoms. The van der Waals surface area contributed by atoms with Crippen molar-refractivity contribution in [3.05, 3.63) is 27.0 Å². The summed E-state index contributed by atoms with van der Waals surface area (Å²) >= 11 is 0. The van der Waals surface area contributed by atoms with Crippen LogP contribution in [0.15, 0.2) is 20.7 Å². The standard InChI is InChI=1S/C9H15N3O5S/c1-6(13)3-4-12(2)18(16,17)7-5-10-9(15)11-8(7)14/h5-6,13H,3-4H2,1-2H3,(H2,10,11,14,15). The fourth-order valence-corrected chi connectivity index (χ4v) is 2.42. The first kappa shape index (κ1) is 14.6. The van der Waals surface area contributed by atoms with Crippen LogP contribution in [0.4, 0.5) is 0 Å². The van der Waals surface area contributed by atoms with Gasteiger partial charge in [-0.1, -0.05) is 0 Å². The number of nitrogens with one attached hydrogen (secondary N) is 2. The van der Waals surface area contributed by atoms with Gasteiger partial charge in [0.05, 0.1) is 6.10 Å². The van der Waals surface area contributed by atoms with Gasteiger partial charge in [-0.25, -0.2) is 17.5 Å². The fourth-order valence-electron chi connectivity index (χ4n) is 1.25. The lowest BCUT2D eigenvalue weighted by molar-refractivity contribution is 0.177. The van der Waals surface area contributed by atoms with Crippen molar-refractivity contribution in [1.82, 2.24) is 14.3 Å². The zero-order valence-electron chi connectivity index (χ0n) is 10.0. The molecule has 102 valence electrons. The van der Waals surface area contributed by atoms with Crippen molar-refractivity contribution in [2.45, 2.75) is 24.3 Å². The summed E-state index contributed by atoms with van der Waals surface area (Å²) < 4.78 is 24.9. The molecule has 0 aliphatic carbocycles. The highest BCUT2D eigenvalue weighted by Gasteiger charge is 2.24. The van der Waals surface area contributed by atoms with Gasteiger partial charge in [0.25, 0.3) is 5.56 Å². The molecule has 0 spiro atoms. The third-order valence-corrected chi connectivity index (χ3v) is 4.20. The molecule has 0 saturated carbocycles. The molecule has 0 aromatic carbocycles. The molecule has 1 aromatic rings. The maximum Gasteiger partial charge on any atom is 0.325 e. The number of aromatic amines is 2. The summed E-state index contributed by atoms with van der Waals surface area (Å²) in [6.07, 6.45) is 0.461. The van der Waals surface area contributed by atoms with Crippen molar-refractivity contribution in [3.8, 4) is 0 Å². The zero-order valence-corrected chi connectivity index (χ0v) is 10.8. The molecular weight excluding hydrogens is 262 g/mol. The Balaban J connectivity index is 3.06. The number of hydrogen-bond donors (Lipinski definition) is 3. The van der Waals surface area contributed by atoms with E-state index in [0.717, 1.165) is 10.5 Å². The number of aliphatic hydroxyl groups is 1. The van der Waals surface area contributed by atoms with Crippen molar-refractivity contribution in [3.63, 3.8) is 0 Å². The van der Waals surface area contributed by atoms with Gasteiger partial charge in [-0.05, 0) is 13.3 Å². The largest absolute Gasteiger partial charge is 0.393 e. The fraction of sp³-hybridized carbons (Fsp3) is 0.556. The number of H-pyrrole nitrogens is 2. The maximum atomic E-state index is 12.0. The van der Waals surface area contributed by atoms with Gasteiger partial charge >= 0.3 is 5.69 Å². The molecule has 1 atom stereocenters. The quantitative estimate of drug-likeness (QED) is 0.601. The van der Waals surface area contributed by atoms with E-state index in [1.54, 1.807) is 0 Å². The highest BCUT2D eigenvalue weighted by Crippen LogP contribution is 2.08. The highest BCUT2D eigenvalue weighted by atomic mass is 32.2.